The van der Waals surface area contributed by atoms with Crippen LogP contribution in [0.15, 0.2) is 60.6 Å². The van der Waals surface area contributed by atoms with Crippen molar-refractivity contribution < 1.29 is 14.6 Å². The summed E-state index contributed by atoms with van der Waals surface area (Å²) in [6.07, 6.45) is 1.27. The number of aliphatic hydroxyl groups is 1. The van der Waals surface area contributed by atoms with Gasteiger partial charge in [0.25, 0.3) is 0 Å². The molecule has 2 unspecified atom stereocenters. The fourth-order valence-corrected chi connectivity index (χ4v) is 3.11. The molecule has 0 aromatic heterocycles. The minimum Gasteiger partial charge on any atom is -0.462 e. The molecular formula is C18H16Cl2O3. The lowest BCUT2D eigenvalue weighted by molar-refractivity contribution is 0.0599. The summed E-state index contributed by atoms with van der Waals surface area (Å²) in [6, 6.07) is 15.0. The van der Waals surface area contributed by atoms with Gasteiger partial charge in [0.15, 0.2) is 0 Å². The van der Waals surface area contributed by atoms with Gasteiger partial charge < -0.3 is 14.6 Å². The van der Waals surface area contributed by atoms with Crippen molar-refractivity contribution >= 4 is 23.2 Å². The Balaban J connectivity index is 1.94. The lowest BCUT2D eigenvalue weighted by Crippen LogP contribution is -2.23. The van der Waals surface area contributed by atoms with Crippen LogP contribution in [0.3, 0.4) is 0 Å². The van der Waals surface area contributed by atoms with Crippen molar-refractivity contribution in [3.63, 3.8) is 0 Å². The van der Waals surface area contributed by atoms with E-state index in [1.165, 1.54) is 6.26 Å². The number of hydrogen-bond donors (Lipinski definition) is 1. The fraction of sp³-hybridized carbons (Fsp3) is 0.222. The summed E-state index contributed by atoms with van der Waals surface area (Å²) < 4.78 is 10.7. The van der Waals surface area contributed by atoms with Crippen molar-refractivity contribution in [3.05, 3.63) is 81.7 Å². The van der Waals surface area contributed by atoms with Crippen LogP contribution < -0.4 is 0 Å². The minimum atomic E-state index is -0.721. The zero-order chi connectivity index (χ0) is 16.2. The summed E-state index contributed by atoms with van der Waals surface area (Å²) in [7, 11) is 0. The zero-order valence-electron chi connectivity index (χ0n) is 12.3. The van der Waals surface area contributed by atoms with Gasteiger partial charge in [0.1, 0.15) is 12.0 Å². The number of aliphatic hydroxyl groups excluding tert-OH is 1. The highest BCUT2D eigenvalue weighted by Gasteiger charge is 2.31. The van der Waals surface area contributed by atoms with Crippen molar-refractivity contribution in [1.82, 2.24) is 0 Å². The lowest BCUT2D eigenvalue weighted by atomic mass is 9.88. The topological polar surface area (TPSA) is 38.7 Å². The molecule has 3 rings (SSSR count). The molecule has 1 aliphatic rings. The summed E-state index contributed by atoms with van der Waals surface area (Å²) in [5.41, 5.74) is 1.75. The van der Waals surface area contributed by atoms with Crippen LogP contribution in [0.25, 0.3) is 0 Å². The van der Waals surface area contributed by atoms with Gasteiger partial charge in [-0.15, -0.1) is 0 Å². The molecule has 1 aliphatic heterocycles. The average molecular weight is 351 g/mol. The van der Waals surface area contributed by atoms with Crippen molar-refractivity contribution in [2.75, 3.05) is 6.79 Å². The third kappa shape index (κ3) is 3.81. The summed E-state index contributed by atoms with van der Waals surface area (Å²) in [4.78, 5) is 0. The van der Waals surface area contributed by atoms with E-state index in [0.717, 1.165) is 11.1 Å². The van der Waals surface area contributed by atoms with E-state index >= 15 is 0 Å². The summed E-state index contributed by atoms with van der Waals surface area (Å²) in [6.45, 7) is 0.141. The predicted octanol–water partition coefficient (Wildman–Crippen LogP) is 4.53. The van der Waals surface area contributed by atoms with Crippen molar-refractivity contribution in [2.24, 2.45) is 0 Å². The Morgan fingerprint density at radius 3 is 2.57 bits per heavy atom. The monoisotopic (exact) mass is 350 g/mol. The lowest BCUT2D eigenvalue weighted by Gasteiger charge is -2.24. The van der Waals surface area contributed by atoms with Gasteiger partial charge in [-0.25, -0.2) is 0 Å². The smallest absolute Gasteiger partial charge is 0.229 e. The molecule has 0 saturated carbocycles. The van der Waals surface area contributed by atoms with E-state index in [2.05, 4.69) is 0 Å². The van der Waals surface area contributed by atoms with Gasteiger partial charge in [-0.1, -0.05) is 53.5 Å². The molecule has 0 bridgehead atoms. The highest BCUT2D eigenvalue weighted by molar-refractivity contribution is 6.33. The second-order valence-corrected chi connectivity index (χ2v) is 6.19. The quantitative estimate of drug-likeness (QED) is 0.860. The fourth-order valence-electron chi connectivity index (χ4n) is 2.69. The Bertz CT molecular complexity index is 701. The second kappa shape index (κ2) is 7.26. The molecule has 2 aromatic rings. The van der Waals surface area contributed by atoms with Gasteiger partial charge in [0.05, 0.1) is 12.0 Å². The van der Waals surface area contributed by atoms with E-state index in [1.54, 1.807) is 18.2 Å². The largest absolute Gasteiger partial charge is 0.462 e. The molecule has 0 spiro atoms. The molecule has 1 heterocycles. The maximum Gasteiger partial charge on any atom is 0.229 e. The SMILES string of the molecule is OC(Cc1ccccc1)C(C1=COCO1)c1cc(Cl)ccc1Cl. The first-order valence-corrected chi connectivity index (χ1v) is 8.02. The average Bonchev–Trinajstić information content (AvgIpc) is 3.06. The zero-order valence-corrected chi connectivity index (χ0v) is 13.8. The molecule has 0 aliphatic carbocycles. The normalized spacial score (nSPS) is 16.2. The maximum absolute atomic E-state index is 10.8. The molecule has 1 N–H and O–H groups in total. The van der Waals surface area contributed by atoms with Crippen LogP contribution >= 0.6 is 23.2 Å². The molecule has 3 nitrogen and oxygen atoms in total. The molecule has 2 aromatic carbocycles. The molecule has 0 fully saturated rings. The van der Waals surface area contributed by atoms with E-state index in [1.807, 2.05) is 30.3 Å². The molecule has 23 heavy (non-hydrogen) atoms. The molecule has 0 saturated heterocycles. The van der Waals surface area contributed by atoms with Crippen molar-refractivity contribution in [3.8, 4) is 0 Å². The van der Waals surface area contributed by atoms with E-state index in [-0.39, 0.29) is 6.79 Å². The van der Waals surface area contributed by atoms with E-state index < -0.39 is 12.0 Å². The number of halogens is 2. The van der Waals surface area contributed by atoms with E-state index in [0.29, 0.717) is 22.2 Å². The van der Waals surface area contributed by atoms with Crippen LogP contribution in [-0.2, 0) is 15.9 Å². The number of benzene rings is 2. The number of rotatable bonds is 5. The van der Waals surface area contributed by atoms with Crippen LogP contribution in [0.1, 0.15) is 17.0 Å². The van der Waals surface area contributed by atoms with Crippen LogP contribution in [-0.4, -0.2) is 18.0 Å². The first-order chi connectivity index (χ1) is 11.1. The van der Waals surface area contributed by atoms with Gasteiger partial charge >= 0.3 is 0 Å². The molecular weight excluding hydrogens is 335 g/mol. The predicted molar refractivity (Wildman–Crippen MR) is 90.5 cm³/mol. The summed E-state index contributed by atoms with van der Waals surface area (Å²) in [5.74, 6) is 0.113. The third-order valence-corrected chi connectivity index (χ3v) is 4.34. The Morgan fingerprint density at radius 1 is 1.09 bits per heavy atom. The summed E-state index contributed by atoms with van der Waals surface area (Å²) in [5, 5.41) is 11.9. The number of ether oxygens (including phenoxy) is 2. The van der Waals surface area contributed by atoms with Gasteiger partial charge in [-0.3, -0.25) is 0 Å². The molecule has 5 heteroatoms. The highest BCUT2D eigenvalue weighted by Crippen LogP contribution is 2.37. The Kier molecular flexibility index (Phi) is 5.11. The Labute approximate surface area is 145 Å². The molecule has 0 amide bonds. The van der Waals surface area contributed by atoms with Crippen LogP contribution in [0.2, 0.25) is 10.0 Å². The summed E-state index contributed by atoms with van der Waals surface area (Å²) >= 11 is 12.4. The van der Waals surface area contributed by atoms with Crippen molar-refractivity contribution in [1.29, 1.82) is 0 Å². The van der Waals surface area contributed by atoms with Crippen molar-refractivity contribution in [2.45, 2.75) is 18.4 Å². The molecule has 0 radical (unpaired) electrons. The molecule has 2 atom stereocenters. The second-order valence-electron chi connectivity index (χ2n) is 5.35. The molecule has 120 valence electrons. The van der Waals surface area contributed by atoms with Gasteiger partial charge in [0.2, 0.25) is 6.79 Å². The van der Waals surface area contributed by atoms with E-state index in [4.69, 9.17) is 32.7 Å². The van der Waals surface area contributed by atoms with Gasteiger partial charge in [-0.05, 0) is 35.7 Å². The van der Waals surface area contributed by atoms with Gasteiger partial charge in [-0.2, -0.15) is 0 Å². The minimum absolute atomic E-state index is 0.141. The van der Waals surface area contributed by atoms with Crippen LogP contribution in [0, 0.1) is 0 Å². The van der Waals surface area contributed by atoms with Crippen LogP contribution in [0.5, 0.6) is 0 Å². The number of hydrogen-bond acceptors (Lipinski definition) is 3. The standard InChI is InChI=1S/C18H16Cl2O3/c19-13-6-7-15(20)14(9-13)18(17-10-22-11-23-17)16(21)8-12-4-2-1-3-5-12/h1-7,9-10,16,18,21H,8,11H2. The Hall–Kier alpha value is -1.68. The Morgan fingerprint density at radius 2 is 1.87 bits per heavy atom. The maximum atomic E-state index is 10.8. The third-order valence-electron chi connectivity index (χ3n) is 3.77. The highest BCUT2D eigenvalue weighted by atomic mass is 35.5. The van der Waals surface area contributed by atoms with Gasteiger partial charge in [0, 0.05) is 10.0 Å². The van der Waals surface area contributed by atoms with Crippen LogP contribution in [0.4, 0.5) is 0 Å². The first kappa shape index (κ1) is 16.2. The first-order valence-electron chi connectivity index (χ1n) is 7.26. The van der Waals surface area contributed by atoms with E-state index in [9.17, 15) is 5.11 Å².